The molecule has 0 atom stereocenters. The monoisotopic (exact) mass is 244 g/mol. The third-order valence-electron chi connectivity index (χ3n) is 2.81. The number of methoxy groups -OCH3 is 1. The van der Waals surface area contributed by atoms with Gasteiger partial charge < -0.3 is 10.1 Å². The molecule has 2 rings (SSSR count). The summed E-state index contributed by atoms with van der Waals surface area (Å²) >= 11 is 0. The zero-order valence-electron chi connectivity index (χ0n) is 10.8. The topological polar surface area (TPSA) is 59.9 Å². The molecule has 2 heterocycles. The van der Waals surface area contributed by atoms with Gasteiger partial charge in [-0.05, 0) is 31.0 Å². The van der Waals surface area contributed by atoms with E-state index < -0.39 is 0 Å². The summed E-state index contributed by atoms with van der Waals surface area (Å²) in [7, 11) is 1.60. The maximum Gasteiger partial charge on any atom is 0.221 e. The fourth-order valence-corrected chi connectivity index (χ4v) is 1.70. The molecule has 0 spiro atoms. The second-order valence-corrected chi connectivity index (χ2v) is 4.01. The second kappa shape index (κ2) is 5.44. The molecular formula is C13H16N4O. The van der Waals surface area contributed by atoms with Gasteiger partial charge in [-0.3, -0.25) is 4.98 Å². The van der Waals surface area contributed by atoms with Crippen molar-refractivity contribution in [3.8, 4) is 5.88 Å². The number of aromatic nitrogens is 3. The molecule has 5 nitrogen and oxygen atoms in total. The summed E-state index contributed by atoms with van der Waals surface area (Å²) in [5.41, 5.74) is 3.26. The third kappa shape index (κ3) is 2.56. The quantitative estimate of drug-likeness (QED) is 0.892. The first-order chi connectivity index (χ1) is 8.72. The Labute approximate surface area is 106 Å². The summed E-state index contributed by atoms with van der Waals surface area (Å²) in [5.74, 6) is 1.39. The highest BCUT2D eigenvalue weighted by Crippen LogP contribution is 2.20. The van der Waals surface area contributed by atoms with E-state index in [1.54, 1.807) is 13.3 Å². The van der Waals surface area contributed by atoms with Gasteiger partial charge in [0.1, 0.15) is 12.1 Å². The molecule has 0 amide bonds. The molecule has 1 N–H and O–H groups in total. The van der Waals surface area contributed by atoms with E-state index in [9.17, 15) is 0 Å². The van der Waals surface area contributed by atoms with Crippen molar-refractivity contribution >= 4 is 5.82 Å². The van der Waals surface area contributed by atoms with E-state index in [1.165, 1.54) is 11.9 Å². The lowest BCUT2D eigenvalue weighted by atomic mass is 10.1. The fraction of sp³-hybridized carbons (Fsp3) is 0.308. The minimum Gasteiger partial charge on any atom is -0.481 e. The van der Waals surface area contributed by atoms with Crippen LogP contribution in [0.1, 0.15) is 16.7 Å². The molecule has 2 aromatic rings. The standard InChI is InChI=1S/C13H16N4O/c1-9-6-14-5-4-11(9)7-15-12-10(2)13(18-3)17-8-16-12/h4-6,8H,7H2,1-3H3,(H,15,16,17). The molecule has 0 aliphatic rings. The highest BCUT2D eigenvalue weighted by Gasteiger charge is 2.07. The van der Waals surface area contributed by atoms with Crippen LogP contribution >= 0.6 is 0 Å². The molecule has 5 heteroatoms. The largest absolute Gasteiger partial charge is 0.481 e. The zero-order chi connectivity index (χ0) is 13.0. The minimum atomic E-state index is 0.596. The maximum atomic E-state index is 5.16. The van der Waals surface area contributed by atoms with Crippen LogP contribution < -0.4 is 10.1 Å². The fourth-order valence-electron chi connectivity index (χ4n) is 1.70. The third-order valence-corrected chi connectivity index (χ3v) is 2.81. The first kappa shape index (κ1) is 12.3. The van der Waals surface area contributed by atoms with Crippen molar-refractivity contribution in [2.75, 3.05) is 12.4 Å². The molecule has 0 aromatic carbocycles. The van der Waals surface area contributed by atoms with Crippen molar-refractivity contribution in [3.63, 3.8) is 0 Å². The van der Waals surface area contributed by atoms with Crippen LogP contribution in [0.25, 0.3) is 0 Å². The predicted molar refractivity (Wildman–Crippen MR) is 69.6 cm³/mol. The Balaban J connectivity index is 2.14. The molecule has 0 unspecified atom stereocenters. The summed E-state index contributed by atoms with van der Waals surface area (Å²) in [6, 6.07) is 2.00. The van der Waals surface area contributed by atoms with Gasteiger partial charge in [-0.2, -0.15) is 0 Å². The van der Waals surface area contributed by atoms with Crippen LogP contribution in [0.15, 0.2) is 24.8 Å². The second-order valence-electron chi connectivity index (χ2n) is 4.01. The number of ether oxygens (including phenoxy) is 1. The van der Waals surface area contributed by atoms with Gasteiger partial charge in [0, 0.05) is 18.9 Å². The van der Waals surface area contributed by atoms with Gasteiger partial charge in [-0.15, -0.1) is 0 Å². The van der Waals surface area contributed by atoms with Crippen LogP contribution in [0.3, 0.4) is 0 Å². The number of nitrogens with one attached hydrogen (secondary N) is 1. The van der Waals surface area contributed by atoms with E-state index in [0.29, 0.717) is 12.4 Å². The van der Waals surface area contributed by atoms with E-state index in [-0.39, 0.29) is 0 Å². The lowest BCUT2D eigenvalue weighted by Crippen LogP contribution is -2.06. The molecule has 0 saturated carbocycles. The Morgan fingerprint density at radius 1 is 1.28 bits per heavy atom. The van der Waals surface area contributed by atoms with Crippen molar-refractivity contribution in [2.45, 2.75) is 20.4 Å². The van der Waals surface area contributed by atoms with Crippen LogP contribution in [-0.2, 0) is 6.54 Å². The van der Waals surface area contributed by atoms with Crippen LogP contribution in [0, 0.1) is 13.8 Å². The lowest BCUT2D eigenvalue weighted by Gasteiger charge is -2.11. The summed E-state index contributed by atoms with van der Waals surface area (Å²) in [6.45, 7) is 4.67. The number of hydrogen-bond donors (Lipinski definition) is 1. The Hall–Kier alpha value is -2.17. The molecule has 0 aliphatic heterocycles. The van der Waals surface area contributed by atoms with Gasteiger partial charge in [0.15, 0.2) is 0 Å². The first-order valence-electron chi connectivity index (χ1n) is 5.71. The molecule has 0 saturated heterocycles. The number of aryl methyl sites for hydroxylation is 1. The van der Waals surface area contributed by atoms with Crippen LogP contribution in [0.4, 0.5) is 5.82 Å². The highest BCUT2D eigenvalue weighted by molar-refractivity contribution is 5.48. The van der Waals surface area contributed by atoms with E-state index in [4.69, 9.17) is 4.74 Å². The predicted octanol–water partition coefficient (Wildman–Crippen LogP) is 2.11. The number of anilines is 1. The SMILES string of the molecule is COc1ncnc(NCc2ccncc2C)c1C. The van der Waals surface area contributed by atoms with Crippen LogP contribution in [-0.4, -0.2) is 22.1 Å². The van der Waals surface area contributed by atoms with Gasteiger partial charge in [-0.25, -0.2) is 9.97 Å². The Bertz CT molecular complexity index is 542. The average molecular weight is 244 g/mol. The summed E-state index contributed by atoms with van der Waals surface area (Å²) in [6.07, 6.45) is 5.13. The molecule has 94 valence electrons. The van der Waals surface area contributed by atoms with E-state index in [0.717, 1.165) is 16.9 Å². The zero-order valence-corrected chi connectivity index (χ0v) is 10.8. The number of nitrogens with zero attached hydrogens (tertiary/aromatic N) is 3. The van der Waals surface area contributed by atoms with Crippen molar-refractivity contribution in [1.29, 1.82) is 0 Å². The minimum absolute atomic E-state index is 0.596. The molecular weight excluding hydrogens is 228 g/mol. The van der Waals surface area contributed by atoms with Gasteiger partial charge in [0.25, 0.3) is 0 Å². The molecule has 2 aromatic heterocycles. The summed E-state index contributed by atoms with van der Waals surface area (Å²) in [5, 5.41) is 3.29. The van der Waals surface area contributed by atoms with E-state index >= 15 is 0 Å². The van der Waals surface area contributed by atoms with Crippen molar-refractivity contribution in [3.05, 3.63) is 41.5 Å². The Morgan fingerprint density at radius 2 is 2.11 bits per heavy atom. The smallest absolute Gasteiger partial charge is 0.221 e. The Kier molecular flexibility index (Phi) is 3.72. The van der Waals surface area contributed by atoms with Crippen molar-refractivity contribution in [1.82, 2.24) is 15.0 Å². The van der Waals surface area contributed by atoms with Crippen LogP contribution in [0.5, 0.6) is 5.88 Å². The van der Waals surface area contributed by atoms with Gasteiger partial charge in [-0.1, -0.05) is 0 Å². The maximum absolute atomic E-state index is 5.16. The molecule has 0 radical (unpaired) electrons. The number of rotatable bonds is 4. The average Bonchev–Trinajstić information content (AvgIpc) is 2.39. The number of hydrogen-bond acceptors (Lipinski definition) is 5. The first-order valence-corrected chi connectivity index (χ1v) is 5.71. The molecule has 18 heavy (non-hydrogen) atoms. The summed E-state index contributed by atoms with van der Waals surface area (Å²) < 4.78 is 5.16. The number of pyridine rings is 1. The van der Waals surface area contributed by atoms with Gasteiger partial charge >= 0.3 is 0 Å². The van der Waals surface area contributed by atoms with Gasteiger partial charge in [0.05, 0.1) is 12.7 Å². The molecule has 0 aliphatic carbocycles. The summed E-state index contributed by atoms with van der Waals surface area (Å²) in [4.78, 5) is 12.3. The molecule has 0 fully saturated rings. The van der Waals surface area contributed by atoms with E-state index in [2.05, 4.69) is 20.3 Å². The van der Waals surface area contributed by atoms with Crippen molar-refractivity contribution < 1.29 is 4.74 Å². The van der Waals surface area contributed by atoms with E-state index in [1.807, 2.05) is 26.1 Å². The highest BCUT2D eigenvalue weighted by atomic mass is 16.5. The van der Waals surface area contributed by atoms with Crippen molar-refractivity contribution in [2.24, 2.45) is 0 Å². The van der Waals surface area contributed by atoms with Gasteiger partial charge in [0.2, 0.25) is 5.88 Å². The molecule has 0 bridgehead atoms. The Morgan fingerprint density at radius 3 is 2.83 bits per heavy atom. The lowest BCUT2D eigenvalue weighted by molar-refractivity contribution is 0.393. The van der Waals surface area contributed by atoms with Crippen LogP contribution in [0.2, 0.25) is 0 Å². The normalized spacial score (nSPS) is 10.2.